The van der Waals surface area contributed by atoms with E-state index in [1.165, 1.54) is 0 Å². The molecule has 0 fully saturated rings. The number of hydrogen-bond acceptors (Lipinski definition) is 2. The minimum atomic E-state index is -0.428. The van der Waals surface area contributed by atoms with Crippen molar-refractivity contribution in [3.63, 3.8) is 0 Å². The van der Waals surface area contributed by atoms with Crippen LogP contribution in [0.1, 0.15) is 37.5 Å². The molecule has 0 saturated heterocycles. The minimum Gasteiger partial charge on any atom is -0.388 e. The molecule has 3 nitrogen and oxygen atoms in total. The van der Waals surface area contributed by atoms with Crippen LogP contribution in [0.4, 0.5) is 5.69 Å². The average Bonchev–Trinajstić information content (AvgIpc) is 2.32. The van der Waals surface area contributed by atoms with Gasteiger partial charge in [-0.3, -0.25) is 4.79 Å². The molecule has 17 heavy (non-hydrogen) atoms. The summed E-state index contributed by atoms with van der Waals surface area (Å²) in [6.45, 7) is 4.00. The zero-order valence-corrected chi connectivity index (χ0v) is 10.6. The summed E-state index contributed by atoms with van der Waals surface area (Å²) in [5.74, 6) is 0.366. The van der Waals surface area contributed by atoms with E-state index in [1.807, 2.05) is 32.0 Å². The van der Waals surface area contributed by atoms with Crippen molar-refractivity contribution >= 4 is 11.6 Å². The zero-order chi connectivity index (χ0) is 12.6. The molecular weight excluding hydrogens is 214 g/mol. The summed E-state index contributed by atoms with van der Waals surface area (Å²) < 4.78 is 0. The van der Waals surface area contributed by atoms with Gasteiger partial charge >= 0.3 is 0 Å². The van der Waals surface area contributed by atoms with E-state index in [4.69, 9.17) is 0 Å². The molecule has 0 aliphatic carbocycles. The van der Waals surface area contributed by atoms with Gasteiger partial charge in [-0.15, -0.1) is 0 Å². The van der Waals surface area contributed by atoms with Crippen molar-refractivity contribution in [3.05, 3.63) is 29.3 Å². The van der Waals surface area contributed by atoms with Crippen LogP contribution in [0.25, 0.3) is 0 Å². The highest BCUT2D eigenvalue weighted by atomic mass is 16.3. The maximum Gasteiger partial charge on any atom is 0.227 e. The number of fused-ring (bicyclic) bond motifs is 1. The maximum absolute atomic E-state index is 11.6. The normalized spacial score (nSPS) is 17.2. The second-order valence-electron chi connectivity index (χ2n) is 5.03. The Labute approximate surface area is 102 Å². The first-order chi connectivity index (χ1) is 8.00. The smallest absolute Gasteiger partial charge is 0.227 e. The van der Waals surface area contributed by atoms with Crippen LogP contribution >= 0.6 is 0 Å². The lowest BCUT2D eigenvalue weighted by Crippen LogP contribution is -2.31. The van der Waals surface area contributed by atoms with Crippen LogP contribution in [-0.2, 0) is 11.2 Å². The monoisotopic (exact) mass is 233 g/mol. The molecule has 1 aliphatic heterocycles. The SMILES string of the molecule is CC(C)C(O)c1ccc2c(c1)CCC(=O)N2C. The second kappa shape index (κ2) is 4.49. The van der Waals surface area contributed by atoms with E-state index in [0.29, 0.717) is 6.42 Å². The van der Waals surface area contributed by atoms with Gasteiger partial charge in [0.2, 0.25) is 5.91 Å². The molecule has 92 valence electrons. The molecule has 3 heteroatoms. The van der Waals surface area contributed by atoms with Crippen LogP contribution in [0.5, 0.6) is 0 Å². The molecule has 1 heterocycles. The van der Waals surface area contributed by atoms with Gasteiger partial charge in [-0.2, -0.15) is 0 Å². The predicted molar refractivity (Wildman–Crippen MR) is 68.0 cm³/mol. The fourth-order valence-corrected chi connectivity index (χ4v) is 2.25. The molecule has 1 aromatic carbocycles. The third-order valence-corrected chi connectivity index (χ3v) is 3.42. The molecule has 2 rings (SSSR count). The third-order valence-electron chi connectivity index (χ3n) is 3.42. The lowest BCUT2D eigenvalue weighted by molar-refractivity contribution is -0.118. The Kier molecular flexibility index (Phi) is 3.20. The summed E-state index contributed by atoms with van der Waals surface area (Å²) in [5, 5.41) is 10.0. The molecule has 0 bridgehead atoms. The van der Waals surface area contributed by atoms with Gasteiger partial charge in [0.25, 0.3) is 0 Å². The fourth-order valence-electron chi connectivity index (χ4n) is 2.25. The summed E-state index contributed by atoms with van der Waals surface area (Å²) in [5.41, 5.74) is 3.08. The quantitative estimate of drug-likeness (QED) is 0.851. The van der Waals surface area contributed by atoms with Crippen LogP contribution in [0.2, 0.25) is 0 Å². The number of aliphatic hydroxyl groups excluding tert-OH is 1. The number of aryl methyl sites for hydroxylation is 1. The van der Waals surface area contributed by atoms with E-state index in [1.54, 1.807) is 11.9 Å². The van der Waals surface area contributed by atoms with Crippen LogP contribution in [0, 0.1) is 5.92 Å². The van der Waals surface area contributed by atoms with E-state index >= 15 is 0 Å². The lowest BCUT2D eigenvalue weighted by atomic mass is 9.93. The summed E-state index contributed by atoms with van der Waals surface area (Å²) in [6, 6.07) is 5.88. The van der Waals surface area contributed by atoms with Crippen molar-refractivity contribution in [2.45, 2.75) is 32.8 Å². The first-order valence-electron chi connectivity index (χ1n) is 6.08. The average molecular weight is 233 g/mol. The van der Waals surface area contributed by atoms with Crippen LogP contribution in [-0.4, -0.2) is 18.1 Å². The first kappa shape index (κ1) is 12.1. The molecule has 0 aromatic heterocycles. The Morgan fingerprint density at radius 2 is 2.00 bits per heavy atom. The van der Waals surface area contributed by atoms with Crippen molar-refractivity contribution < 1.29 is 9.90 Å². The third kappa shape index (κ3) is 2.20. The van der Waals surface area contributed by atoms with Gasteiger partial charge in [0.1, 0.15) is 0 Å². The predicted octanol–water partition coefficient (Wildman–Crippen LogP) is 2.29. The van der Waals surface area contributed by atoms with Gasteiger partial charge in [0.15, 0.2) is 0 Å². The van der Waals surface area contributed by atoms with Crippen LogP contribution in [0.3, 0.4) is 0 Å². The van der Waals surface area contributed by atoms with Gasteiger partial charge in [-0.05, 0) is 29.5 Å². The number of carbonyl (C=O) groups is 1. The van der Waals surface area contributed by atoms with E-state index in [-0.39, 0.29) is 11.8 Å². The number of anilines is 1. The van der Waals surface area contributed by atoms with Gasteiger partial charge in [-0.1, -0.05) is 26.0 Å². The molecule has 1 amide bonds. The lowest BCUT2D eigenvalue weighted by Gasteiger charge is -2.27. The van der Waals surface area contributed by atoms with Crippen molar-refractivity contribution in [2.24, 2.45) is 5.92 Å². The minimum absolute atomic E-state index is 0.162. The zero-order valence-electron chi connectivity index (χ0n) is 10.6. The van der Waals surface area contributed by atoms with Gasteiger partial charge in [0, 0.05) is 19.2 Å². The Morgan fingerprint density at radius 3 is 2.65 bits per heavy atom. The van der Waals surface area contributed by atoms with Crippen molar-refractivity contribution in [1.82, 2.24) is 0 Å². The highest BCUT2D eigenvalue weighted by Gasteiger charge is 2.22. The molecule has 0 radical (unpaired) electrons. The number of nitrogens with zero attached hydrogens (tertiary/aromatic N) is 1. The molecule has 0 saturated carbocycles. The van der Waals surface area contributed by atoms with E-state index in [0.717, 1.165) is 23.2 Å². The topological polar surface area (TPSA) is 40.5 Å². The summed E-state index contributed by atoms with van der Waals surface area (Å²) in [7, 11) is 1.80. The molecule has 1 unspecified atom stereocenters. The Balaban J connectivity index is 2.35. The molecule has 1 atom stereocenters. The van der Waals surface area contributed by atoms with E-state index < -0.39 is 6.10 Å². The highest BCUT2D eigenvalue weighted by Crippen LogP contribution is 2.31. The van der Waals surface area contributed by atoms with Gasteiger partial charge in [0.05, 0.1) is 6.10 Å². The van der Waals surface area contributed by atoms with Gasteiger partial charge < -0.3 is 10.0 Å². The standard InChI is InChI=1S/C14H19NO2/c1-9(2)14(17)11-4-6-12-10(8-11)5-7-13(16)15(12)3/h4,6,8-9,14,17H,5,7H2,1-3H3. The van der Waals surface area contributed by atoms with E-state index in [2.05, 4.69) is 0 Å². The van der Waals surface area contributed by atoms with Crippen molar-refractivity contribution in [3.8, 4) is 0 Å². The maximum atomic E-state index is 11.6. The number of hydrogen-bond donors (Lipinski definition) is 1. The van der Waals surface area contributed by atoms with Gasteiger partial charge in [-0.25, -0.2) is 0 Å². The molecule has 0 spiro atoms. The van der Waals surface area contributed by atoms with Crippen molar-refractivity contribution in [1.29, 1.82) is 0 Å². The van der Waals surface area contributed by atoms with Crippen molar-refractivity contribution in [2.75, 3.05) is 11.9 Å². The summed E-state index contributed by atoms with van der Waals surface area (Å²) in [6.07, 6.45) is 0.908. The Morgan fingerprint density at radius 1 is 1.29 bits per heavy atom. The number of carbonyl (C=O) groups excluding carboxylic acids is 1. The second-order valence-corrected chi connectivity index (χ2v) is 5.03. The number of aliphatic hydroxyl groups is 1. The highest BCUT2D eigenvalue weighted by molar-refractivity contribution is 5.95. The largest absolute Gasteiger partial charge is 0.388 e. The fraction of sp³-hybridized carbons (Fsp3) is 0.500. The number of rotatable bonds is 2. The molecule has 1 N–H and O–H groups in total. The Bertz CT molecular complexity index is 440. The van der Waals surface area contributed by atoms with Crippen LogP contribution < -0.4 is 4.90 Å². The summed E-state index contributed by atoms with van der Waals surface area (Å²) in [4.78, 5) is 13.3. The van der Waals surface area contributed by atoms with Crippen LogP contribution in [0.15, 0.2) is 18.2 Å². The molecular formula is C14H19NO2. The first-order valence-corrected chi connectivity index (χ1v) is 6.08. The van der Waals surface area contributed by atoms with E-state index in [9.17, 15) is 9.90 Å². The molecule has 1 aliphatic rings. The molecule has 1 aromatic rings. The number of amides is 1. The summed E-state index contributed by atoms with van der Waals surface area (Å²) >= 11 is 0. The Hall–Kier alpha value is -1.35. The number of benzene rings is 1.